The quantitative estimate of drug-likeness (QED) is 0.499. The zero-order valence-corrected chi connectivity index (χ0v) is 9.06. The zero-order valence-electron chi connectivity index (χ0n) is 6.14. The van der Waals surface area contributed by atoms with E-state index >= 15 is 0 Å². The average Bonchev–Trinajstić information content (AvgIpc) is 2.03. The number of nitrogens with two attached hydrogens (primary N) is 1. The van der Waals surface area contributed by atoms with E-state index in [0.29, 0.717) is 10.9 Å². The number of hydrogen-bond acceptors (Lipinski definition) is 3. The molecule has 64 valence electrons. The van der Waals surface area contributed by atoms with Gasteiger partial charge in [-0.1, -0.05) is 18.2 Å². The third-order valence-electron chi connectivity index (χ3n) is 1.31. The highest BCUT2D eigenvalue weighted by atomic mass is 127. The summed E-state index contributed by atoms with van der Waals surface area (Å²) in [5, 5.41) is 0.431. The molecule has 0 amide bonds. The van der Waals surface area contributed by atoms with Crippen LogP contribution in [-0.2, 0) is 0 Å². The summed E-state index contributed by atoms with van der Waals surface area (Å²) >= 11 is 7.90. The van der Waals surface area contributed by atoms with Crippen molar-refractivity contribution in [2.75, 3.05) is 5.43 Å². The molecular formula is C7H7ClIN3. The molecule has 1 rings (SSSR count). The maximum absolute atomic E-state index is 5.76. The highest BCUT2D eigenvalue weighted by Crippen LogP contribution is 2.27. The van der Waals surface area contributed by atoms with Crippen LogP contribution in [-0.4, -0.2) is 4.98 Å². The van der Waals surface area contributed by atoms with Crippen LogP contribution in [0.4, 0.5) is 5.82 Å². The molecule has 0 aromatic carbocycles. The first-order chi connectivity index (χ1) is 5.66. The maximum Gasteiger partial charge on any atom is 0.149 e. The van der Waals surface area contributed by atoms with Gasteiger partial charge in [0.2, 0.25) is 0 Å². The molecule has 0 saturated carbocycles. The molecular weight excluding hydrogens is 288 g/mol. The van der Waals surface area contributed by atoms with Crippen LogP contribution >= 0.6 is 34.2 Å². The molecule has 5 heteroatoms. The van der Waals surface area contributed by atoms with Crippen LogP contribution in [0.1, 0.15) is 5.56 Å². The van der Waals surface area contributed by atoms with Gasteiger partial charge in [0.05, 0.1) is 0 Å². The van der Waals surface area contributed by atoms with E-state index in [4.69, 9.17) is 17.4 Å². The minimum Gasteiger partial charge on any atom is -0.308 e. The number of rotatable bonds is 2. The number of nitrogens with one attached hydrogen (secondary N) is 1. The highest BCUT2D eigenvalue weighted by Gasteiger charge is 2.08. The summed E-state index contributed by atoms with van der Waals surface area (Å²) in [5.41, 5.74) is 3.21. The first kappa shape index (κ1) is 9.76. The van der Waals surface area contributed by atoms with Gasteiger partial charge in [0.1, 0.15) is 5.82 Å². The van der Waals surface area contributed by atoms with Crippen molar-refractivity contribution >= 4 is 45.0 Å². The second kappa shape index (κ2) is 4.06. The van der Waals surface area contributed by atoms with E-state index in [0.717, 1.165) is 9.13 Å². The lowest BCUT2D eigenvalue weighted by molar-refractivity contribution is 1.21. The Bertz CT molecular complexity index is 314. The van der Waals surface area contributed by atoms with Gasteiger partial charge >= 0.3 is 0 Å². The fourth-order valence-corrected chi connectivity index (χ4v) is 1.90. The van der Waals surface area contributed by atoms with Gasteiger partial charge in [-0.3, -0.25) is 0 Å². The van der Waals surface area contributed by atoms with E-state index in [9.17, 15) is 0 Å². The van der Waals surface area contributed by atoms with Gasteiger partial charge in [-0.15, -0.1) is 0 Å². The van der Waals surface area contributed by atoms with E-state index in [1.165, 1.54) is 0 Å². The van der Waals surface area contributed by atoms with E-state index in [2.05, 4.69) is 39.6 Å². The standard InChI is InChI=1S/C7H7ClIN3/c1-4(8)6-5(9)2-3-11-7(6)12-10/h2-3H,1,10H2,(H,11,12). The number of aromatic nitrogens is 1. The number of halogens is 2. The summed E-state index contributed by atoms with van der Waals surface area (Å²) in [5.74, 6) is 5.79. The summed E-state index contributed by atoms with van der Waals surface area (Å²) < 4.78 is 0.968. The Morgan fingerprint density at radius 1 is 1.75 bits per heavy atom. The van der Waals surface area contributed by atoms with Gasteiger partial charge < -0.3 is 5.43 Å². The predicted molar refractivity (Wildman–Crippen MR) is 59.7 cm³/mol. The Morgan fingerprint density at radius 2 is 2.42 bits per heavy atom. The number of nitrogens with zero attached hydrogens (tertiary/aromatic N) is 1. The smallest absolute Gasteiger partial charge is 0.149 e. The fraction of sp³-hybridized carbons (Fsp3) is 0. The zero-order chi connectivity index (χ0) is 9.14. The van der Waals surface area contributed by atoms with Crippen LogP contribution < -0.4 is 11.3 Å². The molecule has 0 bridgehead atoms. The second-order valence-electron chi connectivity index (χ2n) is 2.07. The van der Waals surface area contributed by atoms with Crippen molar-refractivity contribution in [2.45, 2.75) is 0 Å². The Morgan fingerprint density at radius 3 is 2.83 bits per heavy atom. The van der Waals surface area contributed by atoms with Crippen LogP contribution in [0.3, 0.4) is 0 Å². The van der Waals surface area contributed by atoms with E-state index in [1.807, 2.05) is 6.07 Å². The maximum atomic E-state index is 5.76. The number of anilines is 1. The van der Waals surface area contributed by atoms with Gasteiger partial charge in [-0.25, -0.2) is 10.8 Å². The monoisotopic (exact) mass is 295 g/mol. The third-order valence-corrected chi connectivity index (χ3v) is 2.40. The number of pyridine rings is 1. The van der Waals surface area contributed by atoms with Crippen molar-refractivity contribution in [3.8, 4) is 0 Å². The molecule has 1 aromatic rings. The molecule has 0 aliphatic carbocycles. The number of hydrogen-bond donors (Lipinski definition) is 2. The molecule has 0 aliphatic rings. The topological polar surface area (TPSA) is 50.9 Å². The van der Waals surface area contributed by atoms with Crippen LogP contribution in [0.25, 0.3) is 5.03 Å². The lowest BCUT2D eigenvalue weighted by Gasteiger charge is -2.07. The molecule has 12 heavy (non-hydrogen) atoms. The summed E-state index contributed by atoms with van der Waals surface area (Å²) in [4.78, 5) is 3.99. The summed E-state index contributed by atoms with van der Waals surface area (Å²) in [6.45, 7) is 3.62. The van der Waals surface area contributed by atoms with Crippen molar-refractivity contribution in [3.63, 3.8) is 0 Å². The fourth-order valence-electron chi connectivity index (χ4n) is 0.806. The molecule has 0 spiro atoms. The molecule has 1 heterocycles. The number of hydrazine groups is 1. The molecule has 0 atom stereocenters. The summed E-state index contributed by atoms with van der Waals surface area (Å²) in [6, 6.07) is 1.84. The first-order valence-corrected chi connectivity index (χ1v) is 4.58. The summed E-state index contributed by atoms with van der Waals surface area (Å²) in [7, 11) is 0. The normalized spacial score (nSPS) is 9.58. The average molecular weight is 296 g/mol. The van der Waals surface area contributed by atoms with Crippen LogP contribution in [0.15, 0.2) is 18.8 Å². The van der Waals surface area contributed by atoms with Crippen molar-refractivity contribution in [2.24, 2.45) is 5.84 Å². The molecule has 0 unspecified atom stereocenters. The largest absolute Gasteiger partial charge is 0.308 e. The molecule has 1 aromatic heterocycles. The lowest BCUT2D eigenvalue weighted by atomic mass is 10.2. The Kier molecular flexibility index (Phi) is 3.30. The van der Waals surface area contributed by atoms with Crippen molar-refractivity contribution < 1.29 is 0 Å². The molecule has 0 fully saturated rings. The second-order valence-corrected chi connectivity index (χ2v) is 3.68. The molecule has 3 N–H and O–H groups in total. The molecule has 0 saturated heterocycles. The Labute approximate surface area is 89.1 Å². The van der Waals surface area contributed by atoms with Crippen LogP contribution in [0.2, 0.25) is 0 Å². The SMILES string of the molecule is C=C(Cl)c1c(I)ccnc1NN. The van der Waals surface area contributed by atoms with Crippen molar-refractivity contribution in [1.29, 1.82) is 0 Å². The molecule has 0 radical (unpaired) electrons. The number of nitrogen functional groups attached to an aromatic ring is 1. The van der Waals surface area contributed by atoms with Gasteiger partial charge in [0, 0.05) is 20.4 Å². The van der Waals surface area contributed by atoms with Gasteiger partial charge in [-0.05, 0) is 28.7 Å². The minimum absolute atomic E-state index is 0.431. The molecule has 0 aliphatic heterocycles. The van der Waals surface area contributed by atoms with Crippen molar-refractivity contribution in [3.05, 3.63) is 28.0 Å². The minimum atomic E-state index is 0.431. The van der Waals surface area contributed by atoms with Crippen LogP contribution in [0, 0.1) is 3.57 Å². The van der Waals surface area contributed by atoms with Gasteiger partial charge in [-0.2, -0.15) is 0 Å². The lowest BCUT2D eigenvalue weighted by Crippen LogP contribution is -2.11. The highest BCUT2D eigenvalue weighted by molar-refractivity contribution is 14.1. The van der Waals surface area contributed by atoms with E-state index < -0.39 is 0 Å². The molecule has 3 nitrogen and oxygen atoms in total. The van der Waals surface area contributed by atoms with Gasteiger partial charge in [0.15, 0.2) is 0 Å². The van der Waals surface area contributed by atoms with E-state index in [1.54, 1.807) is 6.20 Å². The van der Waals surface area contributed by atoms with Gasteiger partial charge in [0.25, 0.3) is 0 Å². The first-order valence-electron chi connectivity index (χ1n) is 3.12. The van der Waals surface area contributed by atoms with Crippen LogP contribution in [0.5, 0.6) is 0 Å². The third kappa shape index (κ3) is 1.88. The Hall–Kier alpha value is -0.330. The van der Waals surface area contributed by atoms with E-state index in [-0.39, 0.29) is 0 Å². The van der Waals surface area contributed by atoms with Crippen molar-refractivity contribution in [1.82, 2.24) is 4.98 Å². The summed E-state index contributed by atoms with van der Waals surface area (Å²) in [6.07, 6.45) is 1.65. The Balaban J connectivity index is 3.29. The predicted octanol–water partition coefficient (Wildman–Crippen LogP) is 2.18.